The van der Waals surface area contributed by atoms with E-state index in [9.17, 15) is 18.0 Å². The fourth-order valence-corrected chi connectivity index (χ4v) is 4.46. The zero-order valence-corrected chi connectivity index (χ0v) is 20.5. The van der Waals surface area contributed by atoms with Gasteiger partial charge in [0.25, 0.3) is 0 Å². The Hall–Kier alpha value is -4.59. The molecule has 5 rings (SSSR count). The van der Waals surface area contributed by atoms with Crippen LogP contribution in [0.25, 0.3) is 22.2 Å². The van der Waals surface area contributed by atoms with Gasteiger partial charge >= 0.3 is 12.1 Å². The fourth-order valence-electron chi connectivity index (χ4n) is 4.46. The lowest BCUT2D eigenvalue weighted by molar-refractivity contribution is -0.140. The number of fused-ring (bicyclic) bond motifs is 1. The molecule has 192 valence electrons. The second kappa shape index (κ2) is 10.4. The standard InChI is InChI=1S/C30H24F3N3O2/c1-38-27(37)17-21-10-5-12-23(16-21)34-24-13-6-11-22(18-24)29-25-14-7-15-26(30(31,32)33)28(25)35-36(29)19-20-8-3-2-4-9-20/h2-16,18,34H,17,19H2,1H3. The summed E-state index contributed by atoms with van der Waals surface area (Å²) in [6.07, 6.45) is -4.38. The average molecular weight is 516 g/mol. The molecule has 1 heterocycles. The minimum Gasteiger partial charge on any atom is -0.469 e. The zero-order valence-electron chi connectivity index (χ0n) is 20.5. The van der Waals surface area contributed by atoms with Crippen molar-refractivity contribution in [1.82, 2.24) is 9.78 Å². The van der Waals surface area contributed by atoms with Crippen LogP contribution < -0.4 is 5.32 Å². The maximum atomic E-state index is 13.8. The molecule has 0 amide bonds. The monoisotopic (exact) mass is 515 g/mol. The molecule has 0 unspecified atom stereocenters. The van der Waals surface area contributed by atoms with Crippen LogP contribution in [0.2, 0.25) is 0 Å². The molecule has 8 heteroatoms. The summed E-state index contributed by atoms with van der Waals surface area (Å²) >= 11 is 0. The number of aromatic nitrogens is 2. The van der Waals surface area contributed by atoms with Gasteiger partial charge in [0.15, 0.2) is 0 Å². The summed E-state index contributed by atoms with van der Waals surface area (Å²) in [4.78, 5) is 11.7. The largest absolute Gasteiger partial charge is 0.469 e. The third kappa shape index (κ3) is 5.39. The molecule has 1 N–H and O–H groups in total. The van der Waals surface area contributed by atoms with Crippen LogP contribution in [-0.2, 0) is 28.7 Å². The number of esters is 1. The van der Waals surface area contributed by atoms with Crippen molar-refractivity contribution < 1.29 is 22.7 Å². The lowest BCUT2D eigenvalue weighted by Crippen LogP contribution is -2.06. The summed E-state index contributed by atoms with van der Waals surface area (Å²) in [6, 6.07) is 28.5. The highest BCUT2D eigenvalue weighted by atomic mass is 19.4. The molecule has 5 aromatic rings. The molecule has 0 bridgehead atoms. The molecule has 5 nitrogen and oxygen atoms in total. The Kier molecular flexibility index (Phi) is 6.87. The van der Waals surface area contributed by atoms with E-state index in [-0.39, 0.29) is 17.9 Å². The molecule has 1 aromatic heterocycles. The molecule has 0 saturated heterocycles. The lowest BCUT2D eigenvalue weighted by atomic mass is 10.0. The molecule has 0 spiro atoms. The van der Waals surface area contributed by atoms with E-state index in [1.807, 2.05) is 78.9 Å². The van der Waals surface area contributed by atoms with Crippen molar-refractivity contribution in [3.63, 3.8) is 0 Å². The molecule has 0 fully saturated rings. The summed E-state index contributed by atoms with van der Waals surface area (Å²) in [6.45, 7) is 0.315. The Morgan fingerprint density at radius 1 is 0.868 bits per heavy atom. The molecule has 0 aliphatic rings. The van der Waals surface area contributed by atoms with Crippen molar-refractivity contribution in [2.75, 3.05) is 12.4 Å². The number of ether oxygens (including phenoxy) is 1. The van der Waals surface area contributed by atoms with Crippen molar-refractivity contribution in [3.05, 3.63) is 114 Å². The fraction of sp³-hybridized carbons (Fsp3) is 0.133. The van der Waals surface area contributed by atoms with Gasteiger partial charge < -0.3 is 10.1 Å². The molecule has 0 radical (unpaired) electrons. The maximum Gasteiger partial charge on any atom is 0.418 e. The highest BCUT2D eigenvalue weighted by molar-refractivity contribution is 5.96. The summed E-state index contributed by atoms with van der Waals surface area (Å²) in [5.41, 5.74) is 3.70. The smallest absolute Gasteiger partial charge is 0.418 e. The first-order valence-electron chi connectivity index (χ1n) is 12.0. The number of rotatable bonds is 7. The Labute approximate surface area is 217 Å². The minimum atomic E-state index is -4.53. The van der Waals surface area contributed by atoms with E-state index in [0.717, 1.165) is 34.1 Å². The first kappa shape index (κ1) is 25.1. The first-order valence-corrected chi connectivity index (χ1v) is 12.0. The van der Waals surface area contributed by atoms with Gasteiger partial charge in [-0.15, -0.1) is 0 Å². The number of benzene rings is 4. The van der Waals surface area contributed by atoms with Crippen LogP contribution in [0.5, 0.6) is 0 Å². The second-order valence-corrected chi connectivity index (χ2v) is 8.85. The van der Waals surface area contributed by atoms with E-state index < -0.39 is 11.7 Å². The SMILES string of the molecule is COC(=O)Cc1cccc(Nc2cccc(-c3c4cccc(C(F)(F)F)c4nn3Cc3ccccc3)c2)c1. The van der Waals surface area contributed by atoms with E-state index in [4.69, 9.17) is 4.74 Å². The number of hydrogen-bond acceptors (Lipinski definition) is 4. The maximum absolute atomic E-state index is 13.8. The quantitative estimate of drug-likeness (QED) is 0.232. The summed E-state index contributed by atoms with van der Waals surface area (Å²) < 4.78 is 47.9. The summed E-state index contributed by atoms with van der Waals surface area (Å²) in [5.74, 6) is -0.332. The second-order valence-electron chi connectivity index (χ2n) is 8.85. The predicted molar refractivity (Wildman–Crippen MR) is 141 cm³/mol. The van der Waals surface area contributed by atoms with Crippen molar-refractivity contribution >= 4 is 28.2 Å². The van der Waals surface area contributed by atoms with E-state index in [1.165, 1.54) is 13.2 Å². The van der Waals surface area contributed by atoms with Gasteiger partial charge in [-0.3, -0.25) is 9.48 Å². The molecule has 0 aliphatic heterocycles. The van der Waals surface area contributed by atoms with Crippen LogP contribution in [0.4, 0.5) is 24.5 Å². The van der Waals surface area contributed by atoms with Gasteiger partial charge in [0.2, 0.25) is 0 Å². The molecule has 0 aliphatic carbocycles. The molecule has 38 heavy (non-hydrogen) atoms. The van der Waals surface area contributed by atoms with Gasteiger partial charge in [0.05, 0.1) is 31.3 Å². The van der Waals surface area contributed by atoms with Gasteiger partial charge in [-0.25, -0.2) is 0 Å². The predicted octanol–water partition coefficient (Wildman–Crippen LogP) is 7.23. The van der Waals surface area contributed by atoms with E-state index in [1.54, 1.807) is 10.7 Å². The van der Waals surface area contributed by atoms with Crippen molar-refractivity contribution in [3.8, 4) is 11.3 Å². The number of halogens is 3. The van der Waals surface area contributed by atoms with Crippen LogP contribution in [-0.4, -0.2) is 22.9 Å². The average Bonchev–Trinajstić information content (AvgIpc) is 3.26. The van der Waals surface area contributed by atoms with Gasteiger partial charge in [-0.05, 0) is 41.5 Å². The minimum absolute atomic E-state index is 0.0835. The highest BCUT2D eigenvalue weighted by Gasteiger charge is 2.34. The molecule has 0 saturated carbocycles. The first-order chi connectivity index (χ1) is 18.3. The number of nitrogens with zero attached hydrogens (tertiary/aromatic N) is 2. The van der Waals surface area contributed by atoms with Gasteiger partial charge in [0.1, 0.15) is 5.52 Å². The lowest BCUT2D eigenvalue weighted by Gasteiger charge is -2.12. The van der Waals surface area contributed by atoms with Crippen LogP contribution in [0.15, 0.2) is 97.1 Å². The van der Waals surface area contributed by atoms with E-state index in [2.05, 4.69) is 10.4 Å². The number of carbonyl (C=O) groups is 1. The highest BCUT2D eigenvalue weighted by Crippen LogP contribution is 2.38. The Morgan fingerprint density at radius 2 is 1.55 bits per heavy atom. The molecular weight excluding hydrogens is 491 g/mol. The van der Waals surface area contributed by atoms with E-state index in [0.29, 0.717) is 17.6 Å². The third-order valence-corrected chi connectivity index (χ3v) is 6.18. The Morgan fingerprint density at radius 3 is 2.29 bits per heavy atom. The Bertz CT molecular complexity index is 1590. The number of carbonyl (C=O) groups excluding carboxylic acids is 1. The number of anilines is 2. The molecule has 0 atom stereocenters. The van der Waals surface area contributed by atoms with Gasteiger partial charge in [-0.2, -0.15) is 18.3 Å². The number of methoxy groups -OCH3 is 1. The van der Waals surface area contributed by atoms with Gasteiger partial charge in [-0.1, -0.05) is 66.7 Å². The van der Waals surface area contributed by atoms with Gasteiger partial charge in [0, 0.05) is 22.3 Å². The van der Waals surface area contributed by atoms with Crippen LogP contribution in [0.3, 0.4) is 0 Å². The number of hydrogen-bond donors (Lipinski definition) is 1. The van der Waals surface area contributed by atoms with Crippen LogP contribution in [0, 0.1) is 0 Å². The molecular formula is C30H24F3N3O2. The van der Waals surface area contributed by atoms with Crippen molar-refractivity contribution in [2.24, 2.45) is 0 Å². The van der Waals surface area contributed by atoms with E-state index >= 15 is 0 Å². The van der Waals surface area contributed by atoms with Crippen molar-refractivity contribution in [2.45, 2.75) is 19.1 Å². The summed E-state index contributed by atoms with van der Waals surface area (Å²) in [5, 5.41) is 8.20. The Balaban J connectivity index is 1.57. The summed E-state index contributed by atoms with van der Waals surface area (Å²) in [7, 11) is 1.35. The van der Waals surface area contributed by atoms with Crippen LogP contribution >= 0.6 is 0 Å². The topological polar surface area (TPSA) is 56.1 Å². The number of nitrogens with one attached hydrogen (secondary N) is 1. The third-order valence-electron chi connectivity index (χ3n) is 6.18. The molecule has 4 aromatic carbocycles. The van der Waals surface area contributed by atoms with Crippen LogP contribution in [0.1, 0.15) is 16.7 Å². The normalized spacial score (nSPS) is 11.5. The van der Waals surface area contributed by atoms with Crippen molar-refractivity contribution in [1.29, 1.82) is 0 Å². The number of alkyl halides is 3. The zero-order chi connectivity index (χ0) is 26.7.